The molecule has 1 saturated heterocycles. The van der Waals surface area contributed by atoms with E-state index in [0.29, 0.717) is 6.04 Å². The van der Waals surface area contributed by atoms with E-state index in [-0.39, 0.29) is 5.82 Å². The van der Waals surface area contributed by atoms with Crippen molar-refractivity contribution >= 4 is 5.69 Å². The first kappa shape index (κ1) is 9.16. The van der Waals surface area contributed by atoms with Gasteiger partial charge in [0.05, 0.1) is 0 Å². The fourth-order valence-electron chi connectivity index (χ4n) is 2.69. The van der Waals surface area contributed by atoms with Crippen LogP contribution in [0.2, 0.25) is 0 Å². The van der Waals surface area contributed by atoms with E-state index in [2.05, 4.69) is 10.2 Å². The van der Waals surface area contributed by atoms with Crippen LogP contribution in [-0.2, 0) is 6.42 Å². The number of nitrogens with zero attached hydrogens (tertiary/aromatic N) is 1. The van der Waals surface area contributed by atoms with Gasteiger partial charge in [-0.1, -0.05) is 0 Å². The third kappa shape index (κ3) is 1.51. The van der Waals surface area contributed by atoms with E-state index in [9.17, 15) is 4.39 Å². The van der Waals surface area contributed by atoms with Crippen molar-refractivity contribution in [3.63, 3.8) is 0 Å². The van der Waals surface area contributed by atoms with Crippen molar-refractivity contribution in [2.75, 3.05) is 24.5 Å². The number of piperazine rings is 1. The molecule has 1 atom stereocenters. The summed E-state index contributed by atoms with van der Waals surface area (Å²) in [5.74, 6) is -0.109. The van der Waals surface area contributed by atoms with Crippen molar-refractivity contribution in [2.45, 2.75) is 18.9 Å². The molecule has 2 aliphatic rings. The number of aryl methyl sites for hydroxylation is 1. The molecule has 0 spiro atoms. The zero-order chi connectivity index (χ0) is 10.3. The average molecular weight is 206 g/mol. The topological polar surface area (TPSA) is 15.3 Å². The van der Waals surface area contributed by atoms with Crippen molar-refractivity contribution in [1.29, 1.82) is 0 Å². The maximum absolute atomic E-state index is 13.1. The first-order chi connectivity index (χ1) is 7.34. The van der Waals surface area contributed by atoms with Gasteiger partial charge in [0.25, 0.3) is 0 Å². The van der Waals surface area contributed by atoms with E-state index in [1.807, 2.05) is 6.07 Å². The van der Waals surface area contributed by atoms with Crippen LogP contribution in [-0.4, -0.2) is 25.7 Å². The molecule has 1 aromatic rings. The van der Waals surface area contributed by atoms with Gasteiger partial charge >= 0.3 is 0 Å². The molecule has 2 nitrogen and oxygen atoms in total. The second-order valence-corrected chi connectivity index (χ2v) is 4.36. The van der Waals surface area contributed by atoms with E-state index in [4.69, 9.17) is 0 Å². The zero-order valence-corrected chi connectivity index (χ0v) is 8.67. The lowest BCUT2D eigenvalue weighted by Gasteiger charge is -2.42. The van der Waals surface area contributed by atoms with Gasteiger partial charge in [0, 0.05) is 31.4 Å². The number of anilines is 1. The van der Waals surface area contributed by atoms with E-state index >= 15 is 0 Å². The maximum Gasteiger partial charge on any atom is 0.123 e. The van der Waals surface area contributed by atoms with Gasteiger partial charge in [-0.3, -0.25) is 0 Å². The lowest BCUT2D eigenvalue weighted by molar-refractivity contribution is 0.439. The van der Waals surface area contributed by atoms with Crippen molar-refractivity contribution < 1.29 is 4.39 Å². The summed E-state index contributed by atoms with van der Waals surface area (Å²) in [6.07, 6.45) is 2.15. The van der Waals surface area contributed by atoms with Gasteiger partial charge < -0.3 is 10.2 Å². The molecule has 0 bridgehead atoms. The van der Waals surface area contributed by atoms with Gasteiger partial charge in [0.2, 0.25) is 0 Å². The molecule has 3 heteroatoms. The fourth-order valence-corrected chi connectivity index (χ4v) is 2.69. The maximum atomic E-state index is 13.1. The Hall–Kier alpha value is -1.09. The minimum absolute atomic E-state index is 0.109. The molecular formula is C12H15FN2. The Labute approximate surface area is 89.1 Å². The van der Waals surface area contributed by atoms with Crippen LogP contribution in [0.5, 0.6) is 0 Å². The summed E-state index contributed by atoms with van der Waals surface area (Å²) in [4.78, 5) is 2.43. The molecule has 1 N–H and O–H groups in total. The molecule has 1 aromatic carbocycles. The molecule has 15 heavy (non-hydrogen) atoms. The summed E-state index contributed by atoms with van der Waals surface area (Å²) in [7, 11) is 0. The van der Waals surface area contributed by atoms with Crippen molar-refractivity contribution in [1.82, 2.24) is 5.32 Å². The molecule has 2 aliphatic heterocycles. The second-order valence-electron chi connectivity index (χ2n) is 4.36. The Morgan fingerprint density at radius 3 is 3.27 bits per heavy atom. The first-order valence-electron chi connectivity index (χ1n) is 5.60. The molecule has 0 amide bonds. The van der Waals surface area contributed by atoms with Crippen molar-refractivity contribution in [2.24, 2.45) is 0 Å². The standard InChI is InChI=1S/C12H15FN2/c13-10-2-4-12-9(7-10)1-3-11-8-14-5-6-15(11)12/h2,4,7,11,14H,1,3,5-6,8H2. The van der Waals surface area contributed by atoms with Gasteiger partial charge in [-0.25, -0.2) is 4.39 Å². The molecule has 0 radical (unpaired) electrons. The quantitative estimate of drug-likeness (QED) is 0.693. The fraction of sp³-hybridized carbons (Fsp3) is 0.500. The lowest BCUT2D eigenvalue weighted by atomic mass is 9.94. The summed E-state index contributed by atoms with van der Waals surface area (Å²) in [5.41, 5.74) is 2.42. The second kappa shape index (κ2) is 3.49. The zero-order valence-electron chi connectivity index (χ0n) is 8.67. The van der Waals surface area contributed by atoms with E-state index in [1.165, 1.54) is 11.3 Å². The summed E-state index contributed by atoms with van der Waals surface area (Å²) in [5, 5.41) is 3.41. The minimum atomic E-state index is -0.109. The highest BCUT2D eigenvalue weighted by Gasteiger charge is 2.28. The number of halogens is 1. The largest absolute Gasteiger partial charge is 0.366 e. The lowest BCUT2D eigenvalue weighted by Crippen LogP contribution is -2.53. The highest BCUT2D eigenvalue weighted by Crippen LogP contribution is 2.31. The normalized spacial score (nSPS) is 24.6. The molecule has 0 aliphatic carbocycles. The summed E-state index contributed by atoms with van der Waals surface area (Å²) >= 11 is 0. The van der Waals surface area contributed by atoms with Gasteiger partial charge in [0.15, 0.2) is 0 Å². The number of benzene rings is 1. The van der Waals surface area contributed by atoms with Gasteiger partial charge in [0.1, 0.15) is 5.82 Å². The monoisotopic (exact) mass is 206 g/mol. The molecular weight excluding hydrogens is 191 g/mol. The number of hydrogen-bond acceptors (Lipinski definition) is 2. The summed E-state index contributed by atoms with van der Waals surface area (Å²) in [6, 6.07) is 5.80. The number of rotatable bonds is 0. The van der Waals surface area contributed by atoms with Crippen LogP contribution in [0.15, 0.2) is 18.2 Å². The third-order valence-electron chi connectivity index (χ3n) is 3.45. The predicted molar refractivity (Wildman–Crippen MR) is 58.7 cm³/mol. The average Bonchev–Trinajstić information content (AvgIpc) is 2.28. The molecule has 3 rings (SSSR count). The van der Waals surface area contributed by atoms with Gasteiger partial charge in [-0.2, -0.15) is 0 Å². The van der Waals surface area contributed by atoms with Crippen LogP contribution in [0.4, 0.5) is 10.1 Å². The summed E-state index contributed by atoms with van der Waals surface area (Å²) in [6.45, 7) is 3.15. The molecule has 1 fully saturated rings. The Bertz CT molecular complexity index is 378. The highest BCUT2D eigenvalue weighted by atomic mass is 19.1. The minimum Gasteiger partial charge on any atom is -0.366 e. The predicted octanol–water partition coefficient (Wildman–Crippen LogP) is 1.55. The Morgan fingerprint density at radius 1 is 1.40 bits per heavy atom. The van der Waals surface area contributed by atoms with E-state index in [1.54, 1.807) is 12.1 Å². The highest BCUT2D eigenvalue weighted by molar-refractivity contribution is 5.57. The SMILES string of the molecule is Fc1ccc2c(c1)CCC1CNCCN21. The van der Waals surface area contributed by atoms with Crippen LogP contribution >= 0.6 is 0 Å². The Balaban J connectivity index is 1.99. The van der Waals surface area contributed by atoms with Crippen LogP contribution in [0.3, 0.4) is 0 Å². The van der Waals surface area contributed by atoms with E-state index < -0.39 is 0 Å². The number of fused-ring (bicyclic) bond motifs is 3. The van der Waals surface area contributed by atoms with Crippen molar-refractivity contribution in [3.05, 3.63) is 29.6 Å². The molecule has 80 valence electrons. The van der Waals surface area contributed by atoms with Crippen LogP contribution < -0.4 is 10.2 Å². The van der Waals surface area contributed by atoms with Crippen molar-refractivity contribution in [3.8, 4) is 0 Å². The van der Waals surface area contributed by atoms with Crippen LogP contribution in [0.1, 0.15) is 12.0 Å². The molecule has 0 saturated carbocycles. The van der Waals surface area contributed by atoms with Gasteiger partial charge in [-0.15, -0.1) is 0 Å². The van der Waals surface area contributed by atoms with Crippen LogP contribution in [0.25, 0.3) is 0 Å². The van der Waals surface area contributed by atoms with Crippen LogP contribution in [0, 0.1) is 5.82 Å². The third-order valence-corrected chi connectivity index (χ3v) is 3.45. The molecule has 0 aromatic heterocycles. The molecule has 2 heterocycles. The Morgan fingerprint density at radius 2 is 2.33 bits per heavy atom. The van der Waals surface area contributed by atoms with E-state index in [0.717, 1.165) is 32.5 Å². The van der Waals surface area contributed by atoms with Gasteiger partial charge in [-0.05, 0) is 36.6 Å². The smallest absolute Gasteiger partial charge is 0.123 e. The number of hydrogen-bond donors (Lipinski definition) is 1. The number of nitrogens with one attached hydrogen (secondary N) is 1. The first-order valence-corrected chi connectivity index (χ1v) is 5.60. The molecule has 1 unspecified atom stereocenters. The Kier molecular flexibility index (Phi) is 2.13. The summed E-state index contributed by atoms with van der Waals surface area (Å²) < 4.78 is 13.1.